The van der Waals surface area contributed by atoms with Gasteiger partial charge in [-0.25, -0.2) is 20.2 Å². The standard InChI is InChI=1S/C44H40N4O2S4/c1-5-17-49-33-21-29(19-27(25-45)47-3)51-39(33)31-23-35-37(43(31)13-9-7-10-14-43)38-42(53-35)40-32(44(38)15-11-8-12-16-44)24-36(54-40)41-34(50-18-6-2)22-30(52-41)20-28(26-46)48-4/h19-24H,5-18H2,1-2H3/b27-19-,28-20+. The van der Waals surface area contributed by atoms with Crippen LogP contribution in [-0.2, 0) is 10.8 Å². The Morgan fingerprint density at radius 2 is 1.26 bits per heavy atom. The largest absolute Gasteiger partial charge is 0.492 e. The van der Waals surface area contributed by atoms with E-state index in [1.807, 2.05) is 46.9 Å². The Morgan fingerprint density at radius 3 is 1.81 bits per heavy atom. The van der Waals surface area contributed by atoms with E-state index in [1.54, 1.807) is 46.0 Å². The van der Waals surface area contributed by atoms with Gasteiger partial charge >= 0.3 is 0 Å². The van der Waals surface area contributed by atoms with Crippen LogP contribution < -0.4 is 9.47 Å². The molecule has 0 amide bonds. The number of nitriles is 2. The lowest BCUT2D eigenvalue weighted by Crippen LogP contribution is -2.34. The van der Waals surface area contributed by atoms with Crippen LogP contribution >= 0.6 is 45.3 Å². The molecular weight excluding hydrogens is 745 g/mol. The van der Waals surface area contributed by atoms with Crippen LogP contribution in [0.2, 0.25) is 0 Å². The van der Waals surface area contributed by atoms with E-state index in [2.05, 4.69) is 35.7 Å². The molecule has 272 valence electrons. The number of hydrogen-bond donors (Lipinski definition) is 0. The quantitative estimate of drug-likeness (QED) is 0.119. The molecule has 54 heavy (non-hydrogen) atoms. The minimum atomic E-state index is -0.0927. The lowest BCUT2D eigenvalue weighted by Gasteiger charge is -2.42. The fourth-order valence-electron chi connectivity index (χ4n) is 9.21. The van der Waals surface area contributed by atoms with E-state index in [4.69, 9.17) is 22.6 Å². The molecule has 8 rings (SSSR count). The first kappa shape index (κ1) is 36.6. The van der Waals surface area contributed by atoms with E-state index in [1.165, 1.54) is 69.2 Å². The zero-order valence-corrected chi connectivity index (χ0v) is 33.9. The Balaban J connectivity index is 1.29. The molecule has 4 aliphatic carbocycles. The smallest absolute Gasteiger partial charge is 0.263 e. The van der Waals surface area contributed by atoms with Crippen molar-refractivity contribution in [3.63, 3.8) is 0 Å². The van der Waals surface area contributed by atoms with E-state index in [-0.39, 0.29) is 22.2 Å². The van der Waals surface area contributed by atoms with E-state index in [0.29, 0.717) is 13.2 Å². The van der Waals surface area contributed by atoms with Crippen LogP contribution in [-0.4, -0.2) is 13.2 Å². The summed E-state index contributed by atoms with van der Waals surface area (Å²) >= 11 is 7.14. The summed E-state index contributed by atoms with van der Waals surface area (Å²) in [6.07, 6.45) is 19.5. The maximum Gasteiger partial charge on any atom is 0.263 e. The molecule has 4 aromatic rings. The van der Waals surface area contributed by atoms with Crippen molar-refractivity contribution in [3.8, 4) is 43.1 Å². The first-order valence-corrected chi connectivity index (χ1v) is 22.3. The summed E-state index contributed by atoms with van der Waals surface area (Å²) < 4.78 is 12.8. The highest BCUT2D eigenvalue weighted by Crippen LogP contribution is 2.69. The molecule has 10 heteroatoms. The van der Waals surface area contributed by atoms with Gasteiger partial charge in [-0.3, -0.25) is 0 Å². The molecule has 4 aromatic heterocycles. The number of hydrogen-bond acceptors (Lipinski definition) is 8. The summed E-state index contributed by atoms with van der Waals surface area (Å²) in [5, 5.41) is 19.0. The Morgan fingerprint density at radius 1 is 0.704 bits per heavy atom. The summed E-state index contributed by atoms with van der Waals surface area (Å²) in [5.74, 6) is 1.71. The fourth-order valence-corrected chi connectivity index (χ4v) is 14.4. The molecule has 0 saturated heterocycles. The molecular formula is C44H40N4O2S4. The van der Waals surface area contributed by atoms with Crippen molar-refractivity contribution in [1.29, 1.82) is 10.5 Å². The number of thiophene rings is 4. The minimum absolute atomic E-state index is 0.0276. The van der Waals surface area contributed by atoms with Gasteiger partial charge < -0.3 is 9.47 Å². The normalized spacial score (nSPS) is 17.9. The van der Waals surface area contributed by atoms with Crippen LogP contribution in [0.25, 0.3) is 53.0 Å². The van der Waals surface area contributed by atoms with E-state index < -0.39 is 0 Å². The van der Waals surface area contributed by atoms with Crippen molar-refractivity contribution in [2.75, 3.05) is 13.2 Å². The Hall–Kier alpha value is -4.42. The van der Waals surface area contributed by atoms with E-state index in [0.717, 1.165) is 69.5 Å². The Labute approximate surface area is 334 Å². The van der Waals surface area contributed by atoms with Crippen LogP contribution in [0.3, 0.4) is 0 Å². The topological polar surface area (TPSA) is 74.8 Å². The van der Waals surface area contributed by atoms with E-state index >= 15 is 0 Å². The highest BCUT2D eigenvalue weighted by Gasteiger charge is 2.55. The SMILES string of the molecule is [C-]#[N+]/C(C#N)=C\c1cc(OCCC)c(C2=Cc3sc4c(c3C23CCCCC3)C2(CCCCC2)c2cc(-c3sc(/C=C(\C#N)[N+]#[C-])cc3OCCC)sc2-4)s1. The second-order valence-electron chi connectivity index (χ2n) is 14.6. The molecule has 0 bridgehead atoms. The number of allylic oxidation sites excluding steroid dienone is 3. The zero-order valence-electron chi connectivity index (χ0n) is 30.6. The molecule has 2 fully saturated rings. The molecule has 0 atom stereocenters. The van der Waals surface area contributed by atoms with Gasteiger partial charge in [0.25, 0.3) is 11.4 Å². The third-order valence-corrected chi connectivity index (χ3v) is 16.2. The van der Waals surface area contributed by atoms with Crippen molar-refractivity contribution in [1.82, 2.24) is 0 Å². The lowest BCUT2D eigenvalue weighted by molar-refractivity contribution is 0.315. The zero-order chi connectivity index (χ0) is 37.5. The highest BCUT2D eigenvalue weighted by molar-refractivity contribution is 7.27. The molecule has 6 nitrogen and oxygen atoms in total. The first-order valence-electron chi connectivity index (χ1n) is 19.0. The Bertz CT molecular complexity index is 2360. The number of fused-ring (bicyclic) bond motifs is 8. The second kappa shape index (κ2) is 15.0. The molecule has 4 heterocycles. The predicted octanol–water partition coefficient (Wildman–Crippen LogP) is 13.7. The van der Waals surface area contributed by atoms with Gasteiger partial charge in [-0.1, -0.05) is 52.4 Å². The van der Waals surface area contributed by atoms with Gasteiger partial charge in [-0.15, -0.1) is 45.3 Å². The monoisotopic (exact) mass is 784 g/mol. The van der Waals surface area contributed by atoms with Crippen molar-refractivity contribution >= 4 is 69.1 Å². The van der Waals surface area contributed by atoms with Gasteiger partial charge in [0.15, 0.2) is 0 Å². The van der Waals surface area contributed by atoms with Gasteiger partial charge in [0.1, 0.15) is 11.5 Å². The van der Waals surface area contributed by atoms with Gasteiger partial charge in [-0.2, -0.15) is 0 Å². The third-order valence-electron chi connectivity index (χ3n) is 11.4. The van der Waals surface area contributed by atoms with Crippen LogP contribution in [0, 0.1) is 35.8 Å². The van der Waals surface area contributed by atoms with Crippen molar-refractivity contribution in [2.45, 2.75) is 102 Å². The van der Waals surface area contributed by atoms with Crippen molar-refractivity contribution in [3.05, 3.63) is 88.6 Å². The second-order valence-corrected chi connectivity index (χ2v) is 18.9. The molecule has 2 spiro atoms. The number of ether oxygens (including phenoxy) is 2. The third kappa shape index (κ3) is 5.96. The van der Waals surface area contributed by atoms with Gasteiger partial charge in [0.05, 0.1) is 48.3 Å². The molecule has 2 saturated carbocycles. The first-order chi connectivity index (χ1) is 26.4. The molecule has 0 aromatic carbocycles. The van der Waals surface area contributed by atoms with Crippen molar-refractivity contribution in [2.24, 2.45) is 0 Å². The average Bonchev–Trinajstić information content (AvgIpc) is 4.05. The summed E-state index contributed by atoms with van der Waals surface area (Å²) in [4.78, 5) is 16.3. The summed E-state index contributed by atoms with van der Waals surface area (Å²) in [5.41, 5.74) is 6.08. The van der Waals surface area contributed by atoms with Crippen LogP contribution in [0.5, 0.6) is 11.5 Å². The van der Waals surface area contributed by atoms with E-state index in [9.17, 15) is 10.5 Å². The minimum Gasteiger partial charge on any atom is -0.492 e. The summed E-state index contributed by atoms with van der Waals surface area (Å²) in [7, 11) is 0. The summed E-state index contributed by atoms with van der Waals surface area (Å²) in [6, 6.07) is 10.6. The molecule has 0 N–H and O–H groups in total. The lowest BCUT2D eigenvalue weighted by atomic mass is 9.61. The maximum absolute atomic E-state index is 9.56. The molecule has 0 unspecified atom stereocenters. The van der Waals surface area contributed by atoms with Crippen LogP contribution in [0.15, 0.2) is 29.6 Å². The number of nitrogens with zero attached hydrogens (tertiary/aromatic N) is 4. The molecule has 0 radical (unpaired) electrons. The Kier molecular flexibility index (Phi) is 10.2. The predicted molar refractivity (Wildman–Crippen MR) is 224 cm³/mol. The fraction of sp³-hybridized carbons (Fsp3) is 0.409. The van der Waals surface area contributed by atoms with Gasteiger partial charge in [-0.05, 0) is 97.2 Å². The van der Waals surface area contributed by atoms with Crippen molar-refractivity contribution < 1.29 is 9.47 Å². The number of rotatable bonds is 10. The highest BCUT2D eigenvalue weighted by atomic mass is 32.1. The van der Waals surface area contributed by atoms with Crippen LogP contribution in [0.4, 0.5) is 0 Å². The maximum atomic E-state index is 9.56. The van der Waals surface area contributed by atoms with Gasteiger partial charge in [0, 0.05) is 40.1 Å². The molecule has 4 aliphatic rings. The van der Waals surface area contributed by atoms with Crippen LogP contribution in [0.1, 0.15) is 127 Å². The van der Waals surface area contributed by atoms with Gasteiger partial charge in [0.2, 0.25) is 0 Å². The average molecular weight is 785 g/mol. The molecule has 0 aliphatic heterocycles. The summed E-state index contributed by atoms with van der Waals surface area (Å²) in [6.45, 7) is 20.4.